The Morgan fingerprint density at radius 1 is 1.08 bits per heavy atom. The van der Waals surface area contributed by atoms with Gasteiger partial charge >= 0.3 is 0 Å². The van der Waals surface area contributed by atoms with Crippen LogP contribution in [0, 0.1) is 12.7 Å². The summed E-state index contributed by atoms with van der Waals surface area (Å²) in [6.45, 7) is 5.79. The molecule has 26 heavy (non-hydrogen) atoms. The molecule has 2 aromatic rings. The van der Waals surface area contributed by atoms with Gasteiger partial charge in [0.05, 0.1) is 24.5 Å². The van der Waals surface area contributed by atoms with Crippen LogP contribution in [-0.2, 0) is 17.9 Å². The number of likely N-dealkylation sites (tertiary alicyclic amines) is 1. The number of halogens is 1. The SMILES string of the molecule is Cc1cc2n(n1)CCN(C(=O)[C@@H](c1ccc(F)cc1)N1CCCCC1)C2. The number of carbonyl (C=O) groups is 1. The Kier molecular flexibility index (Phi) is 4.76. The van der Waals surface area contributed by atoms with Crippen molar-refractivity contribution in [3.05, 3.63) is 53.1 Å². The maximum Gasteiger partial charge on any atom is 0.244 e. The third kappa shape index (κ3) is 3.38. The Balaban J connectivity index is 1.60. The summed E-state index contributed by atoms with van der Waals surface area (Å²) in [6.07, 6.45) is 3.43. The van der Waals surface area contributed by atoms with Crippen LogP contribution >= 0.6 is 0 Å². The molecule has 4 rings (SSSR count). The number of amides is 1. The fourth-order valence-corrected chi connectivity index (χ4v) is 4.10. The molecule has 2 aliphatic heterocycles. The highest BCUT2D eigenvalue weighted by Gasteiger charge is 2.33. The van der Waals surface area contributed by atoms with Crippen LogP contribution in [0.4, 0.5) is 4.39 Å². The Morgan fingerprint density at radius 2 is 1.81 bits per heavy atom. The van der Waals surface area contributed by atoms with Crippen LogP contribution in [-0.4, -0.2) is 45.1 Å². The molecule has 0 N–H and O–H groups in total. The zero-order chi connectivity index (χ0) is 18.1. The summed E-state index contributed by atoms with van der Waals surface area (Å²) < 4.78 is 15.4. The van der Waals surface area contributed by atoms with E-state index < -0.39 is 0 Å². The van der Waals surface area contributed by atoms with Crippen molar-refractivity contribution >= 4 is 5.91 Å². The maximum atomic E-state index is 13.5. The molecule has 0 aliphatic carbocycles. The molecule has 138 valence electrons. The molecule has 1 saturated heterocycles. The van der Waals surface area contributed by atoms with Gasteiger partial charge in [0.2, 0.25) is 5.91 Å². The first-order valence-electron chi connectivity index (χ1n) is 9.43. The molecule has 6 heteroatoms. The van der Waals surface area contributed by atoms with Crippen molar-refractivity contribution < 1.29 is 9.18 Å². The van der Waals surface area contributed by atoms with Crippen molar-refractivity contribution in [2.24, 2.45) is 0 Å². The van der Waals surface area contributed by atoms with Crippen molar-refractivity contribution in [3.63, 3.8) is 0 Å². The van der Waals surface area contributed by atoms with Gasteiger partial charge in [-0.1, -0.05) is 18.6 Å². The second-order valence-electron chi connectivity index (χ2n) is 7.31. The van der Waals surface area contributed by atoms with E-state index in [1.165, 1.54) is 18.6 Å². The van der Waals surface area contributed by atoms with E-state index in [1.54, 1.807) is 12.1 Å². The van der Waals surface area contributed by atoms with E-state index in [0.717, 1.165) is 49.4 Å². The zero-order valence-electron chi connectivity index (χ0n) is 15.2. The highest BCUT2D eigenvalue weighted by molar-refractivity contribution is 5.83. The molecule has 5 nitrogen and oxygen atoms in total. The van der Waals surface area contributed by atoms with Gasteiger partial charge in [-0.2, -0.15) is 5.10 Å². The summed E-state index contributed by atoms with van der Waals surface area (Å²) in [5.74, 6) is -0.153. The lowest BCUT2D eigenvalue weighted by molar-refractivity contribution is -0.139. The van der Waals surface area contributed by atoms with Gasteiger partial charge in [-0.3, -0.25) is 14.4 Å². The third-order valence-electron chi connectivity index (χ3n) is 5.41. The largest absolute Gasteiger partial charge is 0.333 e. The lowest BCUT2D eigenvalue weighted by Crippen LogP contribution is -2.47. The minimum absolute atomic E-state index is 0.114. The van der Waals surface area contributed by atoms with E-state index >= 15 is 0 Å². The van der Waals surface area contributed by atoms with E-state index in [2.05, 4.69) is 10.00 Å². The monoisotopic (exact) mass is 356 g/mol. The molecular formula is C20H25FN4O. The average molecular weight is 356 g/mol. The van der Waals surface area contributed by atoms with Crippen molar-refractivity contribution in [2.45, 2.75) is 45.3 Å². The van der Waals surface area contributed by atoms with Crippen LogP contribution in [0.2, 0.25) is 0 Å². The van der Waals surface area contributed by atoms with Gasteiger partial charge < -0.3 is 4.90 Å². The van der Waals surface area contributed by atoms with Crippen molar-refractivity contribution in [3.8, 4) is 0 Å². The first-order chi connectivity index (χ1) is 12.6. The van der Waals surface area contributed by atoms with Gasteiger partial charge in [-0.15, -0.1) is 0 Å². The van der Waals surface area contributed by atoms with Gasteiger partial charge in [0.15, 0.2) is 0 Å². The molecule has 1 fully saturated rings. The van der Waals surface area contributed by atoms with Gasteiger partial charge in [-0.05, 0) is 56.6 Å². The van der Waals surface area contributed by atoms with E-state index in [1.807, 2.05) is 22.6 Å². The van der Waals surface area contributed by atoms with Gasteiger partial charge in [-0.25, -0.2) is 4.39 Å². The summed E-state index contributed by atoms with van der Waals surface area (Å²) in [7, 11) is 0. The van der Waals surface area contributed by atoms with E-state index in [-0.39, 0.29) is 17.8 Å². The van der Waals surface area contributed by atoms with Crippen molar-refractivity contribution in [1.29, 1.82) is 0 Å². The molecule has 3 heterocycles. The first-order valence-corrected chi connectivity index (χ1v) is 9.43. The van der Waals surface area contributed by atoms with Crippen LogP contribution in [0.5, 0.6) is 0 Å². The Hall–Kier alpha value is -2.21. The molecular weight excluding hydrogens is 331 g/mol. The smallest absolute Gasteiger partial charge is 0.244 e. The predicted octanol–water partition coefficient (Wildman–Crippen LogP) is 2.90. The molecule has 0 unspecified atom stereocenters. The maximum absolute atomic E-state index is 13.5. The topological polar surface area (TPSA) is 41.4 Å². The number of nitrogens with zero attached hydrogens (tertiary/aromatic N) is 4. The van der Waals surface area contributed by atoms with Gasteiger partial charge in [0.25, 0.3) is 0 Å². The molecule has 1 aromatic carbocycles. The number of rotatable bonds is 3. The highest BCUT2D eigenvalue weighted by Crippen LogP contribution is 2.28. The molecule has 0 bridgehead atoms. The normalized spacial score (nSPS) is 19.2. The number of piperidine rings is 1. The number of fused-ring (bicyclic) bond motifs is 1. The first kappa shape index (κ1) is 17.2. The molecule has 0 radical (unpaired) electrons. The van der Waals surface area contributed by atoms with Crippen LogP contribution in [0.3, 0.4) is 0 Å². The molecule has 2 aliphatic rings. The summed E-state index contributed by atoms with van der Waals surface area (Å²) in [5, 5.41) is 4.47. The van der Waals surface area contributed by atoms with Crippen LogP contribution in [0.25, 0.3) is 0 Å². The number of hydrogen-bond donors (Lipinski definition) is 0. The number of hydrogen-bond acceptors (Lipinski definition) is 3. The standard InChI is InChI=1S/C20H25FN4O/c1-15-13-18-14-24(11-12-25(18)22-15)20(26)19(23-9-3-2-4-10-23)16-5-7-17(21)8-6-16/h5-8,13,19H,2-4,9-12,14H2,1H3/t19-/m1/s1. The molecule has 1 amide bonds. The predicted molar refractivity (Wildman–Crippen MR) is 96.9 cm³/mol. The second-order valence-corrected chi connectivity index (χ2v) is 7.31. The number of aryl methyl sites for hydroxylation is 1. The van der Waals surface area contributed by atoms with Gasteiger partial charge in [0.1, 0.15) is 11.9 Å². The molecule has 1 atom stereocenters. The Bertz CT molecular complexity index is 780. The van der Waals surface area contributed by atoms with Crippen molar-refractivity contribution in [2.75, 3.05) is 19.6 Å². The Morgan fingerprint density at radius 3 is 2.54 bits per heavy atom. The minimum atomic E-state index is -0.327. The number of carbonyl (C=O) groups excluding carboxylic acids is 1. The number of benzene rings is 1. The molecule has 0 saturated carbocycles. The molecule has 1 aromatic heterocycles. The van der Waals surface area contributed by atoms with Crippen LogP contribution in [0.1, 0.15) is 42.3 Å². The second kappa shape index (κ2) is 7.19. The lowest BCUT2D eigenvalue weighted by Gasteiger charge is -2.38. The quantitative estimate of drug-likeness (QED) is 0.849. The van der Waals surface area contributed by atoms with E-state index in [4.69, 9.17) is 0 Å². The highest BCUT2D eigenvalue weighted by atomic mass is 19.1. The zero-order valence-corrected chi connectivity index (χ0v) is 15.2. The van der Waals surface area contributed by atoms with Crippen LogP contribution in [0.15, 0.2) is 30.3 Å². The third-order valence-corrected chi connectivity index (χ3v) is 5.41. The summed E-state index contributed by atoms with van der Waals surface area (Å²) in [4.78, 5) is 17.7. The van der Waals surface area contributed by atoms with E-state index in [0.29, 0.717) is 13.1 Å². The van der Waals surface area contributed by atoms with Crippen LogP contribution < -0.4 is 0 Å². The van der Waals surface area contributed by atoms with E-state index in [9.17, 15) is 9.18 Å². The lowest BCUT2D eigenvalue weighted by atomic mass is 10.00. The molecule has 0 spiro atoms. The minimum Gasteiger partial charge on any atom is -0.333 e. The summed E-state index contributed by atoms with van der Waals surface area (Å²) in [5.41, 5.74) is 2.95. The number of aromatic nitrogens is 2. The average Bonchev–Trinajstić information content (AvgIpc) is 3.03. The van der Waals surface area contributed by atoms with Gasteiger partial charge in [0, 0.05) is 6.54 Å². The Labute approximate surface area is 153 Å². The summed E-state index contributed by atoms with van der Waals surface area (Å²) >= 11 is 0. The fraction of sp³-hybridized carbons (Fsp3) is 0.500. The van der Waals surface area contributed by atoms with Crippen molar-refractivity contribution in [1.82, 2.24) is 19.6 Å². The fourth-order valence-electron chi connectivity index (χ4n) is 4.10. The summed E-state index contributed by atoms with van der Waals surface area (Å²) in [6, 6.07) is 8.14.